The molecular weight excluding hydrogens is 394 g/mol. The Kier molecular flexibility index (Phi) is 4.63. The number of carbonyl (C=O) groups excluding carboxylic acids is 1. The summed E-state index contributed by atoms with van der Waals surface area (Å²) in [7, 11) is 3.15. The van der Waals surface area contributed by atoms with Crippen LogP contribution in [0.25, 0.3) is 16.6 Å². The van der Waals surface area contributed by atoms with Crippen molar-refractivity contribution in [1.82, 2.24) is 14.4 Å². The van der Waals surface area contributed by atoms with E-state index in [-0.39, 0.29) is 0 Å². The minimum absolute atomic E-state index is 0.343. The number of imidazole rings is 1. The van der Waals surface area contributed by atoms with Gasteiger partial charge in [0.05, 0.1) is 48.5 Å². The van der Waals surface area contributed by atoms with Gasteiger partial charge in [0.15, 0.2) is 17.3 Å². The molecule has 8 nitrogen and oxygen atoms in total. The van der Waals surface area contributed by atoms with Crippen LogP contribution >= 0.6 is 11.6 Å². The van der Waals surface area contributed by atoms with Crippen molar-refractivity contribution in [3.8, 4) is 11.5 Å². The number of ether oxygens (including phenoxy) is 2. The molecule has 0 saturated carbocycles. The third kappa shape index (κ3) is 3.17. The lowest BCUT2D eigenvalue weighted by Gasteiger charge is -2.15. The van der Waals surface area contributed by atoms with Gasteiger partial charge in [-0.05, 0) is 24.6 Å². The van der Waals surface area contributed by atoms with Crippen molar-refractivity contribution in [3.63, 3.8) is 0 Å². The molecule has 1 amide bonds. The summed E-state index contributed by atoms with van der Waals surface area (Å²) < 4.78 is 12.7. The van der Waals surface area contributed by atoms with Gasteiger partial charge in [0.2, 0.25) is 5.91 Å². The van der Waals surface area contributed by atoms with Gasteiger partial charge in [0, 0.05) is 17.7 Å². The second-order valence-electron chi connectivity index (χ2n) is 6.44. The van der Waals surface area contributed by atoms with E-state index >= 15 is 0 Å². The smallest absolute Gasteiger partial charge is 0.248 e. The minimum Gasteiger partial charge on any atom is -0.493 e. The van der Waals surface area contributed by atoms with Gasteiger partial charge in [0.1, 0.15) is 5.52 Å². The standard InChI is InChI=1S/C20H18ClN5O3/c1-10-4-11(19(22)27)5-12(21)18(10)25-20-15-8-23-9-26(15)14-7-17(29-3)16(28-2)6-13(14)24-20/h4-9H,1-3H3,(H2,22,27)(H,24,25). The first-order valence-electron chi connectivity index (χ1n) is 8.67. The fourth-order valence-corrected chi connectivity index (χ4v) is 3.55. The first-order valence-corrected chi connectivity index (χ1v) is 9.05. The SMILES string of the molecule is COc1cc2nc(Nc3c(C)cc(C(N)=O)cc3Cl)c3cncn3c2cc1OC. The van der Waals surface area contributed by atoms with Crippen molar-refractivity contribution in [2.75, 3.05) is 19.5 Å². The fourth-order valence-electron chi connectivity index (χ4n) is 3.24. The largest absolute Gasteiger partial charge is 0.493 e. The molecule has 9 heteroatoms. The number of amides is 1. The number of aryl methyl sites for hydroxylation is 1. The van der Waals surface area contributed by atoms with E-state index in [0.29, 0.717) is 39.1 Å². The monoisotopic (exact) mass is 411 g/mol. The molecule has 2 aromatic carbocycles. The third-order valence-electron chi connectivity index (χ3n) is 4.67. The summed E-state index contributed by atoms with van der Waals surface area (Å²) in [5, 5.41) is 3.63. The number of anilines is 2. The van der Waals surface area contributed by atoms with Crippen LogP contribution in [0, 0.1) is 6.92 Å². The van der Waals surface area contributed by atoms with Crippen molar-refractivity contribution in [1.29, 1.82) is 0 Å². The van der Waals surface area contributed by atoms with Crippen molar-refractivity contribution < 1.29 is 14.3 Å². The number of hydrogen-bond donors (Lipinski definition) is 2. The summed E-state index contributed by atoms with van der Waals surface area (Å²) in [5.41, 5.74) is 9.34. The van der Waals surface area contributed by atoms with E-state index in [1.54, 1.807) is 38.9 Å². The highest BCUT2D eigenvalue weighted by Gasteiger charge is 2.16. The second-order valence-corrected chi connectivity index (χ2v) is 6.85. The summed E-state index contributed by atoms with van der Waals surface area (Å²) in [6.45, 7) is 1.84. The number of methoxy groups -OCH3 is 2. The minimum atomic E-state index is -0.537. The maximum absolute atomic E-state index is 11.5. The number of aromatic nitrogens is 3. The number of hydrogen-bond acceptors (Lipinski definition) is 6. The maximum Gasteiger partial charge on any atom is 0.248 e. The van der Waals surface area contributed by atoms with Crippen LogP contribution in [0.2, 0.25) is 5.02 Å². The van der Waals surface area contributed by atoms with E-state index in [1.165, 1.54) is 6.07 Å². The van der Waals surface area contributed by atoms with E-state index in [1.807, 2.05) is 17.4 Å². The molecule has 4 aromatic rings. The average Bonchev–Trinajstić information content (AvgIpc) is 3.19. The van der Waals surface area contributed by atoms with Crippen LogP contribution in [0.1, 0.15) is 15.9 Å². The molecule has 0 atom stereocenters. The predicted molar refractivity (Wildman–Crippen MR) is 112 cm³/mol. The van der Waals surface area contributed by atoms with Gasteiger partial charge in [-0.3, -0.25) is 9.20 Å². The topological polar surface area (TPSA) is 104 Å². The van der Waals surface area contributed by atoms with Crippen molar-refractivity contribution in [2.24, 2.45) is 5.73 Å². The van der Waals surface area contributed by atoms with E-state index in [0.717, 1.165) is 16.6 Å². The Hall–Kier alpha value is -3.52. The van der Waals surface area contributed by atoms with E-state index in [9.17, 15) is 4.79 Å². The normalized spacial score (nSPS) is 11.0. The van der Waals surface area contributed by atoms with Crippen LogP contribution in [0.4, 0.5) is 11.5 Å². The Morgan fingerprint density at radius 1 is 1.14 bits per heavy atom. The van der Waals surface area contributed by atoms with Crippen LogP contribution in [-0.4, -0.2) is 34.5 Å². The molecule has 2 aromatic heterocycles. The highest BCUT2D eigenvalue weighted by Crippen LogP contribution is 2.35. The molecule has 0 aliphatic heterocycles. The number of primary amides is 1. The van der Waals surface area contributed by atoms with Gasteiger partial charge in [-0.2, -0.15) is 0 Å². The predicted octanol–water partition coefficient (Wildman–Crippen LogP) is 3.70. The molecule has 4 rings (SSSR count). The summed E-state index contributed by atoms with van der Waals surface area (Å²) >= 11 is 6.40. The molecular formula is C20H18ClN5O3. The van der Waals surface area contributed by atoms with Crippen LogP contribution in [0.15, 0.2) is 36.8 Å². The molecule has 29 heavy (non-hydrogen) atoms. The summed E-state index contributed by atoms with van der Waals surface area (Å²) in [6, 6.07) is 6.85. The molecule has 0 bridgehead atoms. The van der Waals surface area contributed by atoms with Gasteiger partial charge < -0.3 is 20.5 Å². The van der Waals surface area contributed by atoms with Gasteiger partial charge in [-0.1, -0.05) is 11.6 Å². The van der Waals surface area contributed by atoms with E-state index in [4.69, 9.17) is 31.8 Å². The fraction of sp³-hybridized carbons (Fsp3) is 0.150. The van der Waals surface area contributed by atoms with E-state index in [2.05, 4.69) is 10.3 Å². The molecule has 0 spiro atoms. The molecule has 0 fully saturated rings. The highest BCUT2D eigenvalue weighted by molar-refractivity contribution is 6.34. The average molecular weight is 412 g/mol. The van der Waals surface area contributed by atoms with Crippen molar-refractivity contribution in [2.45, 2.75) is 6.92 Å². The number of fused-ring (bicyclic) bond motifs is 3. The van der Waals surface area contributed by atoms with Crippen LogP contribution in [0.5, 0.6) is 11.5 Å². The van der Waals surface area contributed by atoms with E-state index < -0.39 is 5.91 Å². The summed E-state index contributed by atoms with van der Waals surface area (Å²) in [4.78, 5) is 20.5. The molecule has 0 saturated heterocycles. The zero-order valence-corrected chi connectivity index (χ0v) is 16.7. The van der Waals surface area contributed by atoms with Gasteiger partial charge in [-0.25, -0.2) is 9.97 Å². The highest BCUT2D eigenvalue weighted by atomic mass is 35.5. The molecule has 3 N–H and O–H groups in total. The number of halogens is 1. The summed E-state index contributed by atoms with van der Waals surface area (Å²) in [6.07, 6.45) is 3.40. The van der Waals surface area contributed by atoms with Crippen molar-refractivity contribution >= 4 is 45.6 Å². The molecule has 2 heterocycles. The van der Waals surface area contributed by atoms with Gasteiger partial charge in [0.25, 0.3) is 0 Å². The number of nitrogens with two attached hydrogens (primary N) is 1. The summed E-state index contributed by atoms with van der Waals surface area (Å²) in [5.74, 6) is 1.18. The Labute approximate surface area is 171 Å². The zero-order valence-electron chi connectivity index (χ0n) is 16.0. The third-order valence-corrected chi connectivity index (χ3v) is 4.97. The van der Waals surface area contributed by atoms with Gasteiger partial charge >= 0.3 is 0 Å². The maximum atomic E-state index is 11.5. The molecule has 0 unspecified atom stereocenters. The Bertz CT molecular complexity index is 1250. The molecule has 0 aliphatic rings. The lowest BCUT2D eigenvalue weighted by Crippen LogP contribution is -2.11. The zero-order chi connectivity index (χ0) is 20.7. The number of nitrogens with zero attached hydrogens (tertiary/aromatic N) is 3. The van der Waals surface area contributed by atoms with Gasteiger partial charge in [-0.15, -0.1) is 0 Å². The van der Waals surface area contributed by atoms with Crippen molar-refractivity contribution in [3.05, 3.63) is 52.9 Å². The Balaban J connectivity index is 1.90. The van der Waals surface area contributed by atoms with Crippen LogP contribution in [-0.2, 0) is 0 Å². The Morgan fingerprint density at radius 3 is 2.52 bits per heavy atom. The quantitative estimate of drug-likeness (QED) is 0.519. The Morgan fingerprint density at radius 2 is 1.86 bits per heavy atom. The lowest BCUT2D eigenvalue weighted by atomic mass is 10.1. The number of nitrogens with one attached hydrogen (secondary N) is 1. The molecule has 0 radical (unpaired) electrons. The molecule has 148 valence electrons. The number of rotatable bonds is 5. The van der Waals surface area contributed by atoms with Crippen LogP contribution in [0.3, 0.4) is 0 Å². The van der Waals surface area contributed by atoms with Crippen LogP contribution < -0.4 is 20.5 Å². The second kappa shape index (κ2) is 7.14. The first kappa shape index (κ1) is 18.8. The number of benzene rings is 2. The first-order chi connectivity index (χ1) is 13.9. The molecule has 0 aliphatic carbocycles. The lowest BCUT2D eigenvalue weighted by molar-refractivity contribution is 0.1000. The number of carbonyl (C=O) groups is 1.